The topological polar surface area (TPSA) is 43.4 Å². The first-order valence-corrected chi connectivity index (χ1v) is 9.43. The molecule has 0 heterocycles. The molecule has 3 aliphatic rings. The molecule has 3 aliphatic carbocycles. The molecule has 3 saturated carbocycles. The van der Waals surface area contributed by atoms with Crippen LogP contribution in [0.3, 0.4) is 0 Å². The molecule has 0 aromatic carbocycles. The maximum atomic E-state index is 12.1. The number of carbonyl (C=O) groups excluding carboxylic acids is 2. The van der Waals surface area contributed by atoms with E-state index in [1.807, 2.05) is 0 Å². The summed E-state index contributed by atoms with van der Waals surface area (Å²) in [5.74, 6) is 4.49. The van der Waals surface area contributed by atoms with Gasteiger partial charge in [-0.1, -0.05) is 13.8 Å². The lowest BCUT2D eigenvalue weighted by Gasteiger charge is -2.56. The third kappa shape index (κ3) is 2.50. The molecule has 0 spiro atoms. The predicted molar refractivity (Wildman–Crippen MR) is 92.9 cm³/mol. The zero-order chi connectivity index (χ0) is 17.5. The van der Waals surface area contributed by atoms with Crippen LogP contribution in [0.2, 0.25) is 0 Å². The van der Waals surface area contributed by atoms with Crippen LogP contribution >= 0.6 is 0 Å². The summed E-state index contributed by atoms with van der Waals surface area (Å²) in [5.41, 5.74) is -0.217. The summed E-state index contributed by atoms with van der Waals surface area (Å²) in [4.78, 5) is 23.5. The van der Waals surface area contributed by atoms with Gasteiger partial charge in [0.15, 0.2) is 0 Å². The van der Waals surface area contributed by atoms with Crippen LogP contribution in [0.5, 0.6) is 0 Å². The van der Waals surface area contributed by atoms with E-state index >= 15 is 0 Å². The molecule has 3 fully saturated rings. The third-order valence-electron chi connectivity index (χ3n) is 7.80. The number of hydrogen-bond acceptors (Lipinski definition) is 3. The Labute approximate surface area is 145 Å². The largest absolute Gasteiger partial charge is 0.462 e. The zero-order valence-corrected chi connectivity index (χ0v) is 15.2. The average molecular weight is 330 g/mol. The molecule has 3 nitrogen and oxygen atoms in total. The molecule has 132 valence electrons. The van der Waals surface area contributed by atoms with Gasteiger partial charge in [0, 0.05) is 24.2 Å². The van der Waals surface area contributed by atoms with Gasteiger partial charge in [-0.15, -0.1) is 12.3 Å². The van der Waals surface area contributed by atoms with Crippen LogP contribution in [0, 0.1) is 46.8 Å². The number of aldehydes is 1. The molecule has 3 heteroatoms. The minimum absolute atomic E-state index is 0.0480. The Balaban J connectivity index is 1.86. The Morgan fingerprint density at radius 1 is 1.21 bits per heavy atom. The number of fused-ring (bicyclic) bond motifs is 3. The molecule has 0 N–H and O–H groups in total. The summed E-state index contributed by atoms with van der Waals surface area (Å²) < 4.78 is 5.67. The van der Waals surface area contributed by atoms with Crippen LogP contribution in [0.1, 0.15) is 65.7 Å². The number of terminal acetylenes is 1. The van der Waals surface area contributed by atoms with Crippen LogP contribution in [0.4, 0.5) is 0 Å². The fraction of sp³-hybridized carbons (Fsp3) is 0.810. The first-order valence-electron chi connectivity index (χ1n) is 9.43. The molecule has 7 atom stereocenters. The number of hydrogen-bond donors (Lipinski definition) is 0. The lowest BCUT2D eigenvalue weighted by atomic mass is 9.47. The molecule has 0 aromatic rings. The molecule has 0 unspecified atom stereocenters. The summed E-state index contributed by atoms with van der Waals surface area (Å²) in [7, 11) is 0. The Kier molecular flexibility index (Phi) is 4.53. The zero-order valence-electron chi connectivity index (χ0n) is 15.2. The Morgan fingerprint density at radius 2 is 1.96 bits per heavy atom. The highest BCUT2D eigenvalue weighted by molar-refractivity contribution is 5.66. The molecule has 0 amide bonds. The van der Waals surface area contributed by atoms with Crippen molar-refractivity contribution in [2.75, 3.05) is 0 Å². The SMILES string of the molecule is C#CC[C@@H]1CC[C@@H]2[C@H](CC[C@]3(C)[C@@H](OC(C)=O)CC[C@@H]23)[C@@]1(C)C=O. The number of carbonyl (C=O) groups is 2. The van der Waals surface area contributed by atoms with Crippen molar-refractivity contribution in [2.24, 2.45) is 34.5 Å². The van der Waals surface area contributed by atoms with E-state index in [0.717, 1.165) is 38.5 Å². The highest BCUT2D eigenvalue weighted by Gasteiger charge is 2.60. The highest BCUT2D eigenvalue weighted by Crippen LogP contribution is 2.64. The van der Waals surface area contributed by atoms with Crippen molar-refractivity contribution in [1.82, 2.24) is 0 Å². The first kappa shape index (κ1) is 17.5. The molecule has 3 rings (SSSR count). The maximum Gasteiger partial charge on any atom is 0.302 e. The lowest BCUT2D eigenvalue weighted by molar-refractivity contribution is -0.160. The number of esters is 1. The van der Waals surface area contributed by atoms with Gasteiger partial charge < -0.3 is 9.53 Å². The molecule has 0 aromatic heterocycles. The van der Waals surface area contributed by atoms with Gasteiger partial charge in [-0.05, 0) is 62.2 Å². The molecular weight excluding hydrogens is 300 g/mol. The Bertz CT molecular complexity index is 562. The van der Waals surface area contributed by atoms with Crippen LogP contribution in [0.25, 0.3) is 0 Å². The van der Waals surface area contributed by atoms with Gasteiger partial charge in [0.05, 0.1) is 0 Å². The van der Waals surface area contributed by atoms with Crippen molar-refractivity contribution in [3.8, 4) is 12.3 Å². The van der Waals surface area contributed by atoms with Gasteiger partial charge in [0.1, 0.15) is 12.4 Å². The second-order valence-electron chi connectivity index (χ2n) is 8.76. The second-order valence-corrected chi connectivity index (χ2v) is 8.76. The van der Waals surface area contributed by atoms with E-state index < -0.39 is 0 Å². The standard InChI is InChI=1S/C21H30O3/c1-5-6-15-7-8-16-17-9-10-19(24-14(2)23)20(17,3)12-11-18(16)21(15,4)13-22/h1,13,15-19H,6-12H2,2-4H3/t15-,16+,17+,18+,19+,20+,21+/m1/s1. The van der Waals surface area contributed by atoms with Gasteiger partial charge in [-0.2, -0.15) is 0 Å². The van der Waals surface area contributed by atoms with Crippen LogP contribution in [-0.2, 0) is 14.3 Å². The summed E-state index contributed by atoms with van der Waals surface area (Å²) >= 11 is 0. The van der Waals surface area contributed by atoms with E-state index in [1.165, 1.54) is 13.2 Å². The maximum absolute atomic E-state index is 12.1. The normalized spacial score (nSPS) is 47.2. The van der Waals surface area contributed by atoms with E-state index in [0.29, 0.717) is 30.1 Å². The van der Waals surface area contributed by atoms with Crippen LogP contribution in [-0.4, -0.2) is 18.4 Å². The van der Waals surface area contributed by atoms with Crippen molar-refractivity contribution < 1.29 is 14.3 Å². The summed E-state index contributed by atoms with van der Waals surface area (Å²) in [6.45, 7) is 5.96. The summed E-state index contributed by atoms with van der Waals surface area (Å²) in [6.07, 6.45) is 13.9. The van der Waals surface area contributed by atoms with E-state index in [2.05, 4.69) is 19.8 Å². The fourth-order valence-electron chi connectivity index (χ4n) is 6.46. The van der Waals surface area contributed by atoms with E-state index in [1.54, 1.807) is 0 Å². The third-order valence-corrected chi connectivity index (χ3v) is 7.80. The van der Waals surface area contributed by atoms with Gasteiger partial charge in [-0.3, -0.25) is 4.79 Å². The molecular formula is C21H30O3. The minimum atomic E-state index is -0.295. The Hall–Kier alpha value is -1.30. The van der Waals surface area contributed by atoms with E-state index in [9.17, 15) is 9.59 Å². The van der Waals surface area contributed by atoms with Crippen molar-refractivity contribution in [3.05, 3.63) is 0 Å². The molecule has 0 aliphatic heterocycles. The fourth-order valence-corrected chi connectivity index (χ4v) is 6.46. The second kappa shape index (κ2) is 6.21. The summed E-state index contributed by atoms with van der Waals surface area (Å²) in [5, 5.41) is 0. The highest BCUT2D eigenvalue weighted by atomic mass is 16.5. The smallest absolute Gasteiger partial charge is 0.302 e. The minimum Gasteiger partial charge on any atom is -0.462 e. The van der Waals surface area contributed by atoms with Gasteiger partial charge in [-0.25, -0.2) is 0 Å². The quantitative estimate of drug-likeness (QED) is 0.446. The molecule has 0 saturated heterocycles. The molecule has 0 radical (unpaired) electrons. The molecule has 24 heavy (non-hydrogen) atoms. The monoisotopic (exact) mass is 330 g/mol. The van der Waals surface area contributed by atoms with Crippen molar-refractivity contribution in [2.45, 2.75) is 71.8 Å². The van der Waals surface area contributed by atoms with Gasteiger partial charge in [0.2, 0.25) is 0 Å². The number of ether oxygens (including phenoxy) is 1. The Morgan fingerprint density at radius 3 is 2.58 bits per heavy atom. The summed E-state index contributed by atoms with van der Waals surface area (Å²) in [6, 6.07) is 0. The van der Waals surface area contributed by atoms with Crippen LogP contribution < -0.4 is 0 Å². The average Bonchev–Trinajstić information content (AvgIpc) is 2.86. The number of rotatable bonds is 3. The van der Waals surface area contributed by atoms with Crippen molar-refractivity contribution in [3.63, 3.8) is 0 Å². The van der Waals surface area contributed by atoms with Gasteiger partial charge in [0.25, 0.3) is 0 Å². The van der Waals surface area contributed by atoms with Crippen molar-refractivity contribution >= 4 is 12.3 Å². The van der Waals surface area contributed by atoms with E-state index in [-0.39, 0.29) is 22.9 Å². The first-order chi connectivity index (χ1) is 11.4. The van der Waals surface area contributed by atoms with Crippen LogP contribution in [0.15, 0.2) is 0 Å². The van der Waals surface area contributed by atoms with E-state index in [4.69, 9.17) is 11.2 Å². The lowest BCUT2D eigenvalue weighted by Crippen LogP contribution is -2.53. The van der Waals surface area contributed by atoms with Gasteiger partial charge >= 0.3 is 5.97 Å². The molecule has 0 bridgehead atoms. The van der Waals surface area contributed by atoms with Crippen molar-refractivity contribution in [1.29, 1.82) is 0 Å². The predicted octanol–water partition coefficient (Wildman–Crippen LogP) is 4.00.